The molecule has 1 heterocycles. The monoisotopic (exact) mass is 215 g/mol. The zero-order valence-electron chi connectivity index (χ0n) is 7.96. The van der Waals surface area contributed by atoms with E-state index in [2.05, 4.69) is 4.98 Å². The van der Waals surface area contributed by atoms with Gasteiger partial charge in [-0.25, -0.2) is 0 Å². The minimum Gasteiger partial charge on any atom is -0.281 e. The molecule has 0 unspecified atom stereocenters. The van der Waals surface area contributed by atoms with E-state index in [0.29, 0.717) is 5.56 Å². The zero-order chi connectivity index (χ0) is 10.5. The van der Waals surface area contributed by atoms with Crippen molar-refractivity contribution in [1.29, 1.82) is 0 Å². The second-order valence-electron chi connectivity index (χ2n) is 2.94. The first-order valence-electron chi connectivity index (χ1n) is 4.53. The summed E-state index contributed by atoms with van der Waals surface area (Å²) in [4.78, 5) is 16.6. The summed E-state index contributed by atoms with van der Waals surface area (Å²) in [6.07, 6.45) is 3.38. The number of carbonyl (C=O) groups is 1. The number of hydrogen-bond donors (Lipinski definition) is 0. The fraction of sp³-hybridized carbons (Fsp3) is 0. The summed E-state index contributed by atoms with van der Waals surface area (Å²) in [5, 5.41) is 0.0450. The lowest BCUT2D eigenvalue weighted by Gasteiger charge is -1.99. The van der Waals surface area contributed by atoms with Crippen LogP contribution in [0.1, 0.15) is 10.4 Å². The lowest BCUT2D eigenvalue weighted by molar-refractivity contribution is 0.108. The number of aromatic nitrogens is 1. The molecule has 0 amide bonds. The predicted molar refractivity (Wildman–Crippen MR) is 60.9 cm³/mol. The number of carbonyl (C=O) groups excluding carboxylic acids is 1. The van der Waals surface area contributed by atoms with Gasteiger partial charge < -0.3 is 0 Å². The van der Waals surface area contributed by atoms with Gasteiger partial charge in [0, 0.05) is 22.9 Å². The maximum absolute atomic E-state index is 11.7. The molecule has 2 rings (SSSR count). The predicted octanol–water partition coefficient (Wildman–Crippen LogP) is 3.01. The molecule has 0 saturated heterocycles. The molecule has 0 aliphatic heterocycles. The Labute approximate surface area is 92.4 Å². The average Bonchev–Trinajstić information content (AvgIpc) is 2.31. The third-order valence-electron chi connectivity index (χ3n) is 1.85. The molecule has 0 aliphatic rings. The number of benzene rings is 1. The number of thioether (sulfide) groups is 1. The Morgan fingerprint density at radius 1 is 1.07 bits per heavy atom. The van der Waals surface area contributed by atoms with Gasteiger partial charge in [-0.2, -0.15) is 0 Å². The van der Waals surface area contributed by atoms with Crippen molar-refractivity contribution < 1.29 is 4.79 Å². The first kappa shape index (κ1) is 9.93. The molecule has 0 atom stereocenters. The standard InChI is InChI=1S/C12H9NOS/c14-12(10-5-2-1-3-6-10)15-11-7-4-8-13-9-11/h1-9H. The van der Waals surface area contributed by atoms with Crippen LogP contribution in [-0.4, -0.2) is 10.1 Å². The molecule has 2 nitrogen and oxygen atoms in total. The molecular formula is C12H9NOS. The molecule has 0 radical (unpaired) electrons. The van der Waals surface area contributed by atoms with Crippen LogP contribution in [0.3, 0.4) is 0 Å². The van der Waals surface area contributed by atoms with E-state index in [1.165, 1.54) is 11.8 Å². The number of rotatable bonds is 2. The van der Waals surface area contributed by atoms with Crippen molar-refractivity contribution in [2.75, 3.05) is 0 Å². The van der Waals surface area contributed by atoms with Gasteiger partial charge in [0.2, 0.25) is 5.12 Å². The van der Waals surface area contributed by atoms with E-state index in [1.54, 1.807) is 12.4 Å². The van der Waals surface area contributed by atoms with Gasteiger partial charge in [-0.1, -0.05) is 30.3 Å². The van der Waals surface area contributed by atoms with E-state index in [4.69, 9.17) is 0 Å². The first-order valence-corrected chi connectivity index (χ1v) is 5.35. The van der Waals surface area contributed by atoms with Crippen molar-refractivity contribution in [3.63, 3.8) is 0 Å². The molecular weight excluding hydrogens is 206 g/mol. The number of hydrogen-bond acceptors (Lipinski definition) is 3. The van der Waals surface area contributed by atoms with E-state index >= 15 is 0 Å². The van der Waals surface area contributed by atoms with Gasteiger partial charge in [0.25, 0.3) is 0 Å². The summed E-state index contributed by atoms with van der Waals surface area (Å²) in [6.45, 7) is 0. The Bertz CT molecular complexity index is 442. The highest BCUT2D eigenvalue weighted by atomic mass is 32.2. The highest BCUT2D eigenvalue weighted by molar-refractivity contribution is 8.14. The van der Waals surface area contributed by atoms with Crippen molar-refractivity contribution in [2.45, 2.75) is 4.90 Å². The number of nitrogens with zero attached hydrogens (tertiary/aromatic N) is 1. The Morgan fingerprint density at radius 2 is 1.87 bits per heavy atom. The van der Waals surface area contributed by atoms with Crippen molar-refractivity contribution in [3.8, 4) is 0 Å². The van der Waals surface area contributed by atoms with Gasteiger partial charge >= 0.3 is 0 Å². The van der Waals surface area contributed by atoms with Crippen LogP contribution in [0.4, 0.5) is 0 Å². The van der Waals surface area contributed by atoms with Crippen LogP contribution in [0.25, 0.3) is 0 Å². The minimum absolute atomic E-state index is 0.0450. The van der Waals surface area contributed by atoms with Crippen LogP contribution in [0.5, 0.6) is 0 Å². The van der Waals surface area contributed by atoms with Crippen molar-refractivity contribution in [3.05, 3.63) is 60.4 Å². The first-order chi connectivity index (χ1) is 7.36. The van der Waals surface area contributed by atoms with Gasteiger partial charge in [-0.05, 0) is 23.9 Å². The van der Waals surface area contributed by atoms with E-state index in [1.807, 2.05) is 42.5 Å². The van der Waals surface area contributed by atoms with Crippen molar-refractivity contribution in [2.24, 2.45) is 0 Å². The smallest absolute Gasteiger partial charge is 0.224 e. The zero-order valence-corrected chi connectivity index (χ0v) is 8.78. The summed E-state index contributed by atoms with van der Waals surface area (Å²) in [5.41, 5.74) is 0.714. The highest BCUT2D eigenvalue weighted by Gasteiger charge is 2.06. The summed E-state index contributed by atoms with van der Waals surface area (Å²) < 4.78 is 0. The molecule has 2 aromatic rings. The van der Waals surface area contributed by atoms with Gasteiger partial charge in [0.05, 0.1) is 0 Å². The second-order valence-corrected chi connectivity index (χ2v) is 3.99. The summed E-state index contributed by atoms with van der Waals surface area (Å²) in [5.74, 6) is 0. The fourth-order valence-electron chi connectivity index (χ4n) is 1.15. The van der Waals surface area contributed by atoms with Crippen molar-refractivity contribution >= 4 is 16.9 Å². The van der Waals surface area contributed by atoms with Crippen LogP contribution in [0.15, 0.2) is 59.8 Å². The topological polar surface area (TPSA) is 30.0 Å². The lowest BCUT2D eigenvalue weighted by Crippen LogP contribution is -1.92. The Kier molecular flexibility index (Phi) is 3.15. The van der Waals surface area contributed by atoms with E-state index in [0.717, 1.165) is 4.90 Å². The summed E-state index contributed by atoms with van der Waals surface area (Å²) in [7, 11) is 0. The molecule has 0 aliphatic carbocycles. The maximum Gasteiger partial charge on any atom is 0.224 e. The van der Waals surface area contributed by atoms with Crippen LogP contribution in [0, 0.1) is 0 Å². The Balaban J connectivity index is 2.12. The molecule has 0 fully saturated rings. The van der Waals surface area contributed by atoms with Gasteiger partial charge in [0.15, 0.2) is 0 Å². The molecule has 74 valence electrons. The second kappa shape index (κ2) is 4.75. The minimum atomic E-state index is 0.0450. The molecule has 0 bridgehead atoms. The van der Waals surface area contributed by atoms with Gasteiger partial charge in [-0.3, -0.25) is 9.78 Å². The Hall–Kier alpha value is -1.61. The maximum atomic E-state index is 11.7. The SMILES string of the molecule is O=C(Sc1cccnc1)c1ccccc1. The average molecular weight is 215 g/mol. The molecule has 0 N–H and O–H groups in total. The quantitative estimate of drug-likeness (QED) is 0.721. The normalized spacial score (nSPS) is 9.87. The van der Waals surface area contributed by atoms with E-state index < -0.39 is 0 Å². The Morgan fingerprint density at radius 3 is 2.53 bits per heavy atom. The fourth-order valence-corrected chi connectivity index (χ4v) is 1.88. The largest absolute Gasteiger partial charge is 0.281 e. The van der Waals surface area contributed by atoms with E-state index in [9.17, 15) is 4.79 Å². The van der Waals surface area contributed by atoms with Crippen molar-refractivity contribution in [1.82, 2.24) is 4.98 Å². The molecule has 15 heavy (non-hydrogen) atoms. The molecule has 1 aromatic heterocycles. The van der Waals surface area contributed by atoms with Crippen LogP contribution >= 0.6 is 11.8 Å². The number of pyridine rings is 1. The highest BCUT2D eigenvalue weighted by Crippen LogP contribution is 2.21. The van der Waals surface area contributed by atoms with Crippen LogP contribution in [-0.2, 0) is 0 Å². The molecule has 1 aromatic carbocycles. The summed E-state index contributed by atoms with van der Waals surface area (Å²) in [6, 6.07) is 12.9. The summed E-state index contributed by atoms with van der Waals surface area (Å²) >= 11 is 1.20. The molecule has 3 heteroatoms. The third-order valence-corrected chi connectivity index (χ3v) is 2.75. The molecule has 0 spiro atoms. The van der Waals surface area contributed by atoms with Crippen LogP contribution in [0.2, 0.25) is 0 Å². The van der Waals surface area contributed by atoms with Gasteiger partial charge in [-0.15, -0.1) is 0 Å². The lowest BCUT2D eigenvalue weighted by atomic mass is 10.2. The van der Waals surface area contributed by atoms with E-state index in [-0.39, 0.29) is 5.12 Å². The van der Waals surface area contributed by atoms with Gasteiger partial charge in [0.1, 0.15) is 0 Å². The van der Waals surface area contributed by atoms with Crippen LogP contribution < -0.4 is 0 Å². The third kappa shape index (κ3) is 2.67. The molecule has 0 saturated carbocycles.